The topological polar surface area (TPSA) is 78.8 Å². The van der Waals surface area contributed by atoms with E-state index in [0.717, 1.165) is 5.56 Å². The third-order valence-corrected chi connectivity index (χ3v) is 5.34. The first kappa shape index (κ1) is 24.0. The number of benzene rings is 2. The van der Waals surface area contributed by atoms with Crippen molar-refractivity contribution in [3.05, 3.63) is 44.8 Å². The van der Waals surface area contributed by atoms with Gasteiger partial charge in [0.25, 0.3) is 0 Å². The maximum atomic E-state index is 11.4. The Balaban J connectivity index is 0.00000176. The van der Waals surface area contributed by atoms with Crippen LogP contribution in [0.4, 0.5) is 5.69 Å². The molecule has 8 heteroatoms. The molecular formula is C19H26Br2NO4P. The van der Waals surface area contributed by atoms with Crippen molar-refractivity contribution in [2.75, 3.05) is 18.3 Å². The first-order valence-corrected chi connectivity index (χ1v) is 12.5. The number of halogens is 2. The fourth-order valence-electron chi connectivity index (χ4n) is 2.17. The highest BCUT2D eigenvalue weighted by molar-refractivity contribution is 9.11. The second-order valence-corrected chi connectivity index (χ2v) is 10.3. The minimum Gasteiger partial charge on any atom is -0.508 e. The molecule has 1 atom stereocenters. The van der Waals surface area contributed by atoms with Gasteiger partial charge in [-0.1, -0.05) is 27.7 Å². The molecule has 0 saturated carbocycles. The second-order valence-electron chi connectivity index (χ2n) is 6.13. The van der Waals surface area contributed by atoms with Crippen molar-refractivity contribution in [1.82, 2.24) is 0 Å². The van der Waals surface area contributed by atoms with Crippen LogP contribution in [0.3, 0.4) is 0 Å². The number of ether oxygens (including phenoxy) is 1. The molecule has 0 aromatic heterocycles. The van der Waals surface area contributed by atoms with E-state index in [4.69, 9.17) is 4.74 Å². The second kappa shape index (κ2) is 10.5. The SMILES string of the molecule is CC.CC(C)c1cc(Oc2c(Br)cc(NCP(C)(=O)O)cc2Br)ccc1O. The molecule has 0 aliphatic carbocycles. The van der Waals surface area contributed by atoms with Crippen LogP contribution < -0.4 is 10.1 Å². The van der Waals surface area contributed by atoms with Crippen LogP contribution in [0.5, 0.6) is 17.2 Å². The lowest BCUT2D eigenvalue weighted by molar-refractivity contribution is 0.453. The van der Waals surface area contributed by atoms with Crippen molar-refractivity contribution in [2.45, 2.75) is 33.6 Å². The summed E-state index contributed by atoms with van der Waals surface area (Å²) in [4.78, 5) is 9.38. The highest BCUT2D eigenvalue weighted by Crippen LogP contribution is 2.41. The molecule has 3 N–H and O–H groups in total. The molecule has 150 valence electrons. The van der Waals surface area contributed by atoms with Crippen LogP contribution in [-0.2, 0) is 4.57 Å². The highest BCUT2D eigenvalue weighted by Gasteiger charge is 2.14. The van der Waals surface area contributed by atoms with Gasteiger partial charge in [-0.05, 0) is 68.1 Å². The molecule has 0 radical (unpaired) electrons. The maximum Gasteiger partial charge on any atom is 0.216 e. The fraction of sp³-hybridized carbons (Fsp3) is 0.368. The van der Waals surface area contributed by atoms with Crippen molar-refractivity contribution in [1.29, 1.82) is 0 Å². The Hall–Kier alpha value is -1.01. The van der Waals surface area contributed by atoms with Crippen LogP contribution in [0.2, 0.25) is 0 Å². The van der Waals surface area contributed by atoms with Gasteiger partial charge < -0.3 is 20.1 Å². The normalized spacial score (nSPS) is 12.8. The number of hydrogen-bond donors (Lipinski definition) is 3. The Morgan fingerprint density at radius 1 is 1.15 bits per heavy atom. The van der Waals surface area contributed by atoms with E-state index in [0.29, 0.717) is 26.1 Å². The van der Waals surface area contributed by atoms with E-state index in [-0.39, 0.29) is 18.0 Å². The molecule has 2 rings (SSSR count). The number of rotatable bonds is 6. The summed E-state index contributed by atoms with van der Waals surface area (Å²) in [6.45, 7) is 9.30. The van der Waals surface area contributed by atoms with E-state index >= 15 is 0 Å². The van der Waals surface area contributed by atoms with Gasteiger partial charge in [0.1, 0.15) is 11.5 Å². The van der Waals surface area contributed by atoms with Gasteiger partial charge >= 0.3 is 0 Å². The summed E-state index contributed by atoms with van der Waals surface area (Å²) in [5, 5.41) is 12.8. The Bertz CT molecular complexity index is 798. The molecule has 27 heavy (non-hydrogen) atoms. The zero-order valence-electron chi connectivity index (χ0n) is 16.1. The largest absolute Gasteiger partial charge is 0.508 e. The lowest BCUT2D eigenvalue weighted by Crippen LogP contribution is -2.02. The van der Waals surface area contributed by atoms with Gasteiger partial charge in [0.2, 0.25) is 7.37 Å². The van der Waals surface area contributed by atoms with E-state index < -0.39 is 7.37 Å². The first-order valence-electron chi connectivity index (χ1n) is 8.60. The number of aromatic hydroxyl groups is 1. The van der Waals surface area contributed by atoms with Gasteiger partial charge in [-0.2, -0.15) is 0 Å². The van der Waals surface area contributed by atoms with Crippen molar-refractivity contribution in [3.8, 4) is 17.2 Å². The van der Waals surface area contributed by atoms with Gasteiger partial charge in [0.15, 0.2) is 5.75 Å². The van der Waals surface area contributed by atoms with Crippen LogP contribution >= 0.6 is 39.2 Å². The Morgan fingerprint density at radius 3 is 2.19 bits per heavy atom. The lowest BCUT2D eigenvalue weighted by atomic mass is 10.0. The molecule has 0 aliphatic rings. The Labute approximate surface area is 177 Å². The molecule has 0 fully saturated rings. The minimum atomic E-state index is -3.14. The van der Waals surface area contributed by atoms with E-state index in [1.807, 2.05) is 33.8 Å². The van der Waals surface area contributed by atoms with Crippen molar-refractivity contribution < 1.29 is 19.3 Å². The average Bonchev–Trinajstić information content (AvgIpc) is 2.58. The summed E-state index contributed by atoms with van der Waals surface area (Å²) in [5.74, 6) is 1.60. The predicted octanol–water partition coefficient (Wildman–Crippen LogP) is 7.13. The molecule has 1 unspecified atom stereocenters. The van der Waals surface area contributed by atoms with Crippen LogP contribution in [0.15, 0.2) is 39.3 Å². The van der Waals surface area contributed by atoms with Gasteiger partial charge in [0.05, 0.1) is 15.2 Å². The van der Waals surface area contributed by atoms with E-state index in [1.165, 1.54) is 6.66 Å². The molecule has 0 spiro atoms. The molecule has 0 bridgehead atoms. The number of phenols is 1. The molecule has 2 aromatic rings. The van der Waals surface area contributed by atoms with Crippen LogP contribution in [0, 0.1) is 0 Å². The predicted molar refractivity (Wildman–Crippen MR) is 120 cm³/mol. The number of hydrogen-bond acceptors (Lipinski definition) is 4. The average molecular weight is 523 g/mol. The van der Waals surface area contributed by atoms with E-state index in [2.05, 4.69) is 37.2 Å². The quantitative estimate of drug-likeness (QED) is 0.352. The van der Waals surface area contributed by atoms with Crippen molar-refractivity contribution in [2.24, 2.45) is 0 Å². The third-order valence-electron chi connectivity index (χ3n) is 3.42. The van der Waals surface area contributed by atoms with Gasteiger partial charge in [0, 0.05) is 17.9 Å². The van der Waals surface area contributed by atoms with Crippen LogP contribution in [-0.4, -0.2) is 23.0 Å². The smallest absolute Gasteiger partial charge is 0.216 e. The summed E-state index contributed by atoms with van der Waals surface area (Å²) in [7, 11) is -3.14. The summed E-state index contributed by atoms with van der Waals surface area (Å²) >= 11 is 6.92. The van der Waals surface area contributed by atoms with Crippen molar-refractivity contribution >= 4 is 44.9 Å². The Kier molecular flexibility index (Phi) is 9.35. The molecule has 2 aromatic carbocycles. The number of phenolic OH excluding ortho intramolecular Hbond substituents is 1. The maximum absolute atomic E-state index is 11.4. The number of anilines is 1. The lowest BCUT2D eigenvalue weighted by Gasteiger charge is -2.15. The monoisotopic (exact) mass is 521 g/mol. The molecule has 5 nitrogen and oxygen atoms in total. The zero-order valence-corrected chi connectivity index (χ0v) is 20.2. The fourth-order valence-corrected chi connectivity index (χ4v) is 4.00. The first-order chi connectivity index (χ1) is 12.6. The van der Waals surface area contributed by atoms with Crippen molar-refractivity contribution in [3.63, 3.8) is 0 Å². The van der Waals surface area contributed by atoms with Crippen LogP contribution in [0.25, 0.3) is 0 Å². The van der Waals surface area contributed by atoms with E-state index in [1.54, 1.807) is 24.3 Å². The number of nitrogens with one attached hydrogen (secondary N) is 1. The van der Waals surface area contributed by atoms with Gasteiger partial charge in [-0.15, -0.1) is 0 Å². The summed E-state index contributed by atoms with van der Waals surface area (Å²) in [5.41, 5.74) is 1.50. The minimum absolute atomic E-state index is 0.0121. The third kappa shape index (κ3) is 7.49. The molecule has 0 heterocycles. The molecule has 0 saturated heterocycles. The summed E-state index contributed by atoms with van der Waals surface area (Å²) in [6.07, 6.45) is -0.0121. The van der Waals surface area contributed by atoms with E-state index in [9.17, 15) is 14.6 Å². The zero-order chi connectivity index (χ0) is 20.8. The van der Waals surface area contributed by atoms with Gasteiger partial charge in [-0.25, -0.2) is 0 Å². The molecule has 0 aliphatic heterocycles. The van der Waals surface area contributed by atoms with Gasteiger partial charge in [-0.3, -0.25) is 4.57 Å². The summed E-state index contributed by atoms with van der Waals surface area (Å²) < 4.78 is 18.7. The summed E-state index contributed by atoms with van der Waals surface area (Å²) in [6, 6.07) is 8.68. The molecule has 0 amide bonds. The standard InChI is InChI=1S/C17H20Br2NO4P.C2H6/c1-10(2)13-8-12(4-5-16(13)21)24-17-14(18)6-11(7-15(17)19)20-9-25(3,22)23;1-2/h4-8,10,20-21H,9H2,1-3H3,(H,22,23);1-2H3. The highest BCUT2D eigenvalue weighted by atomic mass is 79.9. The Morgan fingerprint density at radius 2 is 1.70 bits per heavy atom. The molecular weight excluding hydrogens is 497 g/mol. The van der Waals surface area contributed by atoms with Crippen LogP contribution in [0.1, 0.15) is 39.2 Å².